The van der Waals surface area contributed by atoms with Crippen molar-refractivity contribution in [2.45, 2.75) is 6.42 Å². The van der Waals surface area contributed by atoms with E-state index < -0.39 is 0 Å². The van der Waals surface area contributed by atoms with Gasteiger partial charge >= 0.3 is 0 Å². The summed E-state index contributed by atoms with van der Waals surface area (Å²) in [4.78, 5) is 10.4. The van der Waals surface area contributed by atoms with Crippen molar-refractivity contribution in [2.75, 3.05) is 0 Å². The third-order valence-electron chi connectivity index (χ3n) is 1.22. The fraction of sp³-hybridized carbons (Fsp3) is 0.125. The number of hydrogen-bond donors (Lipinski definition) is 1. The normalized spacial score (nSPS) is 9.20. The Bertz CT molecular complexity index is 223. The molecule has 0 bridgehead atoms. The summed E-state index contributed by atoms with van der Waals surface area (Å²) in [5.74, 6) is -0.286. The SMILES string of the molecule is NC(=O)Cc1ccccc1.[HH]. The highest BCUT2D eigenvalue weighted by Crippen LogP contribution is 1.97. The molecule has 0 saturated heterocycles. The van der Waals surface area contributed by atoms with Gasteiger partial charge in [0, 0.05) is 1.43 Å². The molecule has 1 aromatic carbocycles. The fourth-order valence-corrected chi connectivity index (χ4v) is 0.797. The van der Waals surface area contributed by atoms with Crippen LogP contribution in [-0.2, 0) is 11.2 Å². The molecular formula is C8H11NO. The minimum Gasteiger partial charge on any atom is -0.369 e. The van der Waals surface area contributed by atoms with E-state index in [1.807, 2.05) is 30.3 Å². The Morgan fingerprint density at radius 1 is 1.40 bits per heavy atom. The summed E-state index contributed by atoms with van der Waals surface area (Å²) in [6.07, 6.45) is 0.334. The Morgan fingerprint density at radius 2 is 2.00 bits per heavy atom. The average Bonchev–Trinajstić information content (AvgIpc) is 1.88. The molecule has 0 heterocycles. The van der Waals surface area contributed by atoms with Crippen LogP contribution in [0.3, 0.4) is 0 Å². The molecular weight excluding hydrogens is 126 g/mol. The zero-order chi connectivity index (χ0) is 7.40. The van der Waals surface area contributed by atoms with Gasteiger partial charge in [-0.05, 0) is 5.56 Å². The van der Waals surface area contributed by atoms with Crippen molar-refractivity contribution in [1.29, 1.82) is 0 Å². The predicted octanol–water partition coefficient (Wildman–Crippen LogP) is 0.960. The van der Waals surface area contributed by atoms with Gasteiger partial charge in [0.15, 0.2) is 0 Å². The molecule has 10 heavy (non-hydrogen) atoms. The molecule has 0 unspecified atom stereocenters. The molecule has 0 fully saturated rings. The van der Waals surface area contributed by atoms with Crippen molar-refractivity contribution < 1.29 is 6.22 Å². The predicted molar refractivity (Wildman–Crippen MR) is 41.5 cm³/mol. The van der Waals surface area contributed by atoms with Gasteiger partial charge < -0.3 is 5.73 Å². The lowest BCUT2D eigenvalue weighted by molar-refractivity contribution is -0.117. The average molecular weight is 137 g/mol. The van der Waals surface area contributed by atoms with Gasteiger partial charge in [0.25, 0.3) is 0 Å². The van der Waals surface area contributed by atoms with Gasteiger partial charge in [-0.15, -0.1) is 0 Å². The van der Waals surface area contributed by atoms with Gasteiger partial charge in [0.1, 0.15) is 0 Å². The molecule has 0 aromatic heterocycles. The molecule has 0 atom stereocenters. The Kier molecular flexibility index (Phi) is 2.05. The molecule has 0 aliphatic rings. The second-order valence-electron chi connectivity index (χ2n) is 2.13. The van der Waals surface area contributed by atoms with Gasteiger partial charge in [0.05, 0.1) is 6.42 Å². The fourth-order valence-electron chi connectivity index (χ4n) is 0.797. The van der Waals surface area contributed by atoms with Crippen LogP contribution in [-0.4, -0.2) is 5.91 Å². The molecule has 1 amide bonds. The number of carbonyl (C=O) groups excluding carboxylic acids is 1. The summed E-state index contributed by atoms with van der Waals surface area (Å²) in [6, 6.07) is 9.44. The minimum atomic E-state index is -0.286. The summed E-state index contributed by atoms with van der Waals surface area (Å²) < 4.78 is 0. The van der Waals surface area contributed by atoms with Crippen molar-refractivity contribution in [3.8, 4) is 0 Å². The van der Waals surface area contributed by atoms with Crippen molar-refractivity contribution in [1.82, 2.24) is 0 Å². The first-order chi connectivity index (χ1) is 4.79. The maximum Gasteiger partial charge on any atom is 0.221 e. The zero-order valence-electron chi connectivity index (χ0n) is 5.58. The third-order valence-corrected chi connectivity index (χ3v) is 1.22. The molecule has 0 radical (unpaired) electrons. The van der Waals surface area contributed by atoms with Crippen LogP contribution in [0.15, 0.2) is 30.3 Å². The molecule has 0 aliphatic carbocycles. The second kappa shape index (κ2) is 3.01. The molecule has 1 aromatic rings. The van der Waals surface area contributed by atoms with Crippen LogP contribution >= 0.6 is 0 Å². The first-order valence-electron chi connectivity index (χ1n) is 3.11. The Balaban J connectivity index is 0.000001000. The number of rotatable bonds is 2. The van der Waals surface area contributed by atoms with Gasteiger partial charge in [-0.3, -0.25) is 4.79 Å². The van der Waals surface area contributed by atoms with Crippen LogP contribution in [0.5, 0.6) is 0 Å². The van der Waals surface area contributed by atoms with Crippen molar-refractivity contribution in [3.63, 3.8) is 0 Å². The van der Waals surface area contributed by atoms with Crippen molar-refractivity contribution in [3.05, 3.63) is 35.9 Å². The monoisotopic (exact) mass is 137 g/mol. The van der Waals surface area contributed by atoms with Crippen LogP contribution in [0, 0.1) is 0 Å². The molecule has 2 nitrogen and oxygen atoms in total. The second-order valence-corrected chi connectivity index (χ2v) is 2.13. The first-order valence-corrected chi connectivity index (χ1v) is 3.11. The summed E-state index contributed by atoms with van der Waals surface area (Å²) in [7, 11) is 0. The molecule has 2 heteroatoms. The van der Waals surface area contributed by atoms with E-state index in [1.165, 1.54) is 0 Å². The molecule has 54 valence electrons. The first kappa shape index (κ1) is 6.81. The maximum absolute atomic E-state index is 10.4. The summed E-state index contributed by atoms with van der Waals surface area (Å²) in [5.41, 5.74) is 5.95. The van der Waals surface area contributed by atoms with E-state index in [9.17, 15) is 4.79 Å². The van der Waals surface area contributed by atoms with E-state index in [4.69, 9.17) is 5.73 Å². The van der Waals surface area contributed by atoms with Gasteiger partial charge in [-0.2, -0.15) is 0 Å². The van der Waals surface area contributed by atoms with Gasteiger partial charge in [0.2, 0.25) is 5.91 Å². The quantitative estimate of drug-likeness (QED) is 0.648. The number of primary amides is 1. The lowest BCUT2D eigenvalue weighted by atomic mass is 10.1. The number of hydrogen-bond acceptors (Lipinski definition) is 1. The molecule has 0 aliphatic heterocycles. The zero-order valence-corrected chi connectivity index (χ0v) is 5.58. The molecule has 0 saturated carbocycles. The highest BCUT2D eigenvalue weighted by Gasteiger charge is 1.94. The molecule has 2 N–H and O–H groups in total. The third kappa shape index (κ3) is 1.90. The van der Waals surface area contributed by atoms with Crippen molar-refractivity contribution in [2.24, 2.45) is 5.73 Å². The van der Waals surface area contributed by atoms with Gasteiger partial charge in [-0.25, -0.2) is 0 Å². The minimum absolute atomic E-state index is 0. The highest BCUT2D eigenvalue weighted by atomic mass is 16.1. The van der Waals surface area contributed by atoms with Crippen LogP contribution in [0.2, 0.25) is 0 Å². The Morgan fingerprint density at radius 3 is 2.50 bits per heavy atom. The Hall–Kier alpha value is -1.31. The van der Waals surface area contributed by atoms with E-state index in [-0.39, 0.29) is 7.33 Å². The highest BCUT2D eigenvalue weighted by molar-refractivity contribution is 5.76. The summed E-state index contributed by atoms with van der Waals surface area (Å²) >= 11 is 0. The molecule has 1 rings (SSSR count). The van der Waals surface area contributed by atoms with E-state index >= 15 is 0 Å². The molecule has 0 spiro atoms. The Labute approximate surface area is 61.1 Å². The van der Waals surface area contributed by atoms with Crippen molar-refractivity contribution >= 4 is 5.91 Å². The number of nitrogens with two attached hydrogens (primary N) is 1. The van der Waals surface area contributed by atoms with E-state index in [0.29, 0.717) is 6.42 Å². The number of amides is 1. The lowest BCUT2D eigenvalue weighted by Crippen LogP contribution is -2.13. The number of benzene rings is 1. The topological polar surface area (TPSA) is 43.1 Å². The van der Waals surface area contributed by atoms with Crippen LogP contribution in [0.1, 0.15) is 6.99 Å². The largest absolute Gasteiger partial charge is 0.369 e. The number of carbonyl (C=O) groups is 1. The summed E-state index contributed by atoms with van der Waals surface area (Å²) in [6.45, 7) is 0. The van der Waals surface area contributed by atoms with E-state index in [2.05, 4.69) is 0 Å². The van der Waals surface area contributed by atoms with E-state index in [0.717, 1.165) is 5.56 Å². The van der Waals surface area contributed by atoms with Crippen LogP contribution in [0.4, 0.5) is 0 Å². The smallest absolute Gasteiger partial charge is 0.221 e. The van der Waals surface area contributed by atoms with E-state index in [1.54, 1.807) is 0 Å². The summed E-state index contributed by atoms with van der Waals surface area (Å²) in [5, 5.41) is 0. The standard InChI is InChI=1S/C8H9NO.H2/c9-8(10)6-7-4-2-1-3-5-7;/h1-5H,6H2,(H2,9,10);1H. The lowest BCUT2D eigenvalue weighted by Gasteiger charge is -1.93. The van der Waals surface area contributed by atoms with Crippen LogP contribution < -0.4 is 5.73 Å². The van der Waals surface area contributed by atoms with Crippen LogP contribution in [0.25, 0.3) is 0 Å². The van der Waals surface area contributed by atoms with Gasteiger partial charge in [-0.1, -0.05) is 30.3 Å². The maximum atomic E-state index is 10.4.